The number of aryl methyl sites for hydroxylation is 1. The number of rotatable bonds is 3. The third-order valence-electron chi connectivity index (χ3n) is 4.40. The number of carbonyl (C=O) groups is 1. The highest BCUT2D eigenvalue weighted by Crippen LogP contribution is 2.36. The Morgan fingerprint density at radius 1 is 1.09 bits per heavy atom. The molecule has 0 aliphatic carbocycles. The van der Waals surface area contributed by atoms with Gasteiger partial charge in [0, 0.05) is 25.2 Å². The molecule has 2 N–H and O–H groups in total. The van der Waals surface area contributed by atoms with Gasteiger partial charge in [0.25, 0.3) is 0 Å². The Hall–Kier alpha value is -3.23. The summed E-state index contributed by atoms with van der Waals surface area (Å²) in [6.07, 6.45) is -8.54. The van der Waals surface area contributed by atoms with E-state index in [1.807, 2.05) is 0 Å². The van der Waals surface area contributed by atoms with Crippen molar-refractivity contribution in [1.82, 2.24) is 19.5 Å². The van der Waals surface area contributed by atoms with Crippen LogP contribution in [0.4, 0.5) is 31.1 Å². The van der Waals surface area contributed by atoms with Crippen molar-refractivity contribution < 1.29 is 35.3 Å². The van der Waals surface area contributed by atoms with Gasteiger partial charge in [-0.15, -0.1) is 4.36 Å². The Balaban J connectivity index is 2.37. The predicted molar refractivity (Wildman–Crippen MR) is 101 cm³/mol. The highest BCUT2D eigenvalue weighted by molar-refractivity contribution is 7.94. The van der Waals surface area contributed by atoms with Crippen LogP contribution in [0.25, 0.3) is 22.7 Å². The third-order valence-corrected chi connectivity index (χ3v) is 6.66. The van der Waals surface area contributed by atoms with Crippen LogP contribution >= 0.6 is 0 Å². The number of hydrogen-bond donors (Lipinski definition) is 1. The number of halogens is 6. The summed E-state index contributed by atoms with van der Waals surface area (Å²) in [6, 6.07) is -0.156. The fourth-order valence-electron chi connectivity index (χ4n) is 2.87. The Labute approximate surface area is 176 Å². The zero-order valence-electron chi connectivity index (χ0n) is 16.3. The van der Waals surface area contributed by atoms with Crippen molar-refractivity contribution in [2.75, 3.05) is 5.75 Å². The van der Waals surface area contributed by atoms with E-state index in [4.69, 9.17) is 5.73 Å². The molecule has 0 spiro atoms. The highest BCUT2D eigenvalue weighted by atomic mass is 32.2. The van der Waals surface area contributed by atoms with E-state index < -0.39 is 49.9 Å². The van der Waals surface area contributed by atoms with Crippen molar-refractivity contribution in [3.63, 3.8) is 0 Å². The van der Waals surface area contributed by atoms with Crippen LogP contribution in [0.2, 0.25) is 0 Å². The lowest BCUT2D eigenvalue weighted by Crippen LogP contribution is -2.16. The fourth-order valence-corrected chi connectivity index (χ4v) is 4.45. The van der Waals surface area contributed by atoms with E-state index in [2.05, 4.69) is 19.3 Å². The van der Waals surface area contributed by atoms with E-state index in [1.54, 1.807) is 0 Å². The smallest absolute Gasteiger partial charge is 0.349 e. The van der Waals surface area contributed by atoms with Gasteiger partial charge in [-0.05, 0) is 12.1 Å². The van der Waals surface area contributed by atoms with Gasteiger partial charge in [-0.1, -0.05) is 6.92 Å². The zero-order chi connectivity index (χ0) is 24.1. The number of hydrogen-bond acceptors (Lipinski definition) is 5. The normalized spacial score (nSPS) is 14.4. The van der Waals surface area contributed by atoms with E-state index in [1.165, 1.54) is 18.5 Å². The molecule has 3 aromatic rings. The highest BCUT2D eigenvalue weighted by Gasteiger charge is 2.35. The topological polar surface area (TPSA) is 116 Å². The minimum atomic E-state index is -4.86. The Bertz CT molecular complexity index is 1340. The quantitative estimate of drug-likeness (QED) is 0.569. The minimum absolute atomic E-state index is 0.0320. The molecule has 0 saturated heterocycles. The predicted octanol–water partition coefficient (Wildman–Crippen LogP) is 3.99. The molecular formula is C17H14F6N6O2S. The first-order chi connectivity index (χ1) is 14.7. The molecule has 0 saturated carbocycles. The Morgan fingerprint density at radius 3 is 2.19 bits per heavy atom. The summed E-state index contributed by atoms with van der Waals surface area (Å²) in [6.45, 7) is 1.31. The van der Waals surface area contributed by atoms with Crippen molar-refractivity contribution in [2.24, 2.45) is 17.1 Å². The van der Waals surface area contributed by atoms with Gasteiger partial charge >= 0.3 is 18.4 Å². The molecule has 1 atom stereocenters. The van der Waals surface area contributed by atoms with Gasteiger partial charge in [0.05, 0.1) is 25.8 Å². The van der Waals surface area contributed by atoms with Gasteiger partial charge in [0.2, 0.25) is 0 Å². The van der Waals surface area contributed by atoms with Crippen molar-refractivity contribution in [3.05, 3.63) is 35.7 Å². The first-order valence-electron chi connectivity index (χ1n) is 8.69. The number of nitrogens with two attached hydrogens (primary N) is 1. The largest absolute Gasteiger partial charge is 0.417 e. The molecule has 3 aromatic heterocycles. The van der Waals surface area contributed by atoms with Crippen molar-refractivity contribution in [2.45, 2.75) is 24.2 Å². The molecule has 32 heavy (non-hydrogen) atoms. The lowest BCUT2D eigenvalue weighted by molar-refractivity contribution is -0.138. The van der Waals surface area contributed by atoms with Crippen LogP contribution in [-0.4, -0.2) is 35.5 Å². The summed E-state index contributed by atoms with van der Waals surface area (Å²) in [5.74, 6) is -0.622. The molecule has 1 unspecified atom stereocenters. The molecule has 3 heterocycles. The van der Waals surface area contributed by atoms with E-state index in [-0.39, 0.29) is 22.7 Å². The van der Waals surface area contributed by atoms with Crippen LogP contribution in [0.15, 0.2) is 33.8 Å². The van der Waals surface area contributed by atoms with E-state index in [0.29, 0.717) is 24.5 Å². The van der Waals surface area contributed by atoms with Crippen LogP contribution in [-0.2, 0) is 29.1 Å². The Morgan fingerprint density at radius 2 is 1.66 bits per heavy atom. The van der Waals surface area contributed by atoms with Gasteiger partial charge in [-0.25, -0.2) is 19.0 Å². The van der Waals surface area contributed by atoms with Crippen LogP contribution in [0.5, 0.6) is 0 Å². The van der Waals surface area contributed by atoms with Crippen LogP contribution < -0.4 is 5.73 Å². The summed E-state index contributed by atoms with van der Waals surface area (Å²) in [5.41, 5.74) is 2.01. The lowest BCUT2D eigenvalue weighted by atomic mass is 10.2. The molecule has 8 nitrogen and oxygen atoms in total. The summed E-state index contributed by atoms with van der Waals surface area (Å²) >= 11 is 0. The second-order valence-electron chi connectivity index (χ2n) is 6.49. The maximum atomic E-state index is 13.3. The molecule has 0 radical (unpaired) electrons. The van der Waals surface area contributed by atoms with Gasteiger partial charge in [-0.2, -0.15) is 26.3 Å². The molecule has 0 aliphatic rings. The molecule has 2 amide bonds. The maximum absolute atomic E-state index is 13.3. The molecule has 0 aliphatic heterocycles. The standard InChI is InChI=1S/C17H14F6N6O2S/c1-3-32(31,28-15(24)30)11-5-9(17(21,22)23)6-25-12(11)14-27-10-4-8(16(18,19)20)7-26-13(10)29(14)2/h4-7H,3H2,1-2H3,(H2,24,30). The number of amides is 2. The third kappa shape index (κ3) is 4.24. The van der Waals surface area contributed by atoms with E-state index in [9.17, 15) is 35.3 Å². The van der Waals surface area contributed by atoms with Gasteiger partial charge in [0.15, 0.2) is 11.5 Å². The fraction of sp³-hybridized carbons (Fsp3) is 0.294. The van der Waals surface area contributed by atoms with E-state index in [0.717, 1.165) is 0 Å². The second-order valence-corrected chi connectivity index (χ2v) is 8.97. The average Bonchev–Trinajstić information content (AvgIpc) is 3.01. The number of nitrogens with zero attached hydrogens (tertiary/aromatic N) is 5. The molecule has 0 bridgehead atoms. The summed E-state index contributed by atoms with van der Waals surface area (Å²) in [7, 11) is -2.48. The number of primary amides is 1. The summed E-state index contributed by atoms with van der Waals surface area (Å²) in [4.78, 5) is 22.2. The zero-order valence-corrected chi connectivity index (χ0v) is 17.1. The molecule has 172 valence electrons. The first-order valence-corrected chi connectivity index (χ1v) is 10.4. The van der Waals surface area contributed by atoms with Crippen molar-refractivity contribution >= 4 is 26.9 Å². The number of imidazole rings is 1. The number of aromatic nitrogens is 4. The average molecular weight is 480 g/mol. The van der Waals surface area contributed by atoms with Crippen LogP contribution in [0, 0.1) is 0 Å². The molecule has 3 rings (SSSR count). The van der Waals surface area contributed by atoms with Gasteiger partial charge < -0.3 is 10.3 Å². The first kappa shape index (κ1) is 23.4. The number of carbonyl (C=O) groups excluding carboxylic acids is 1. The van der Waals surface area contributed by atoms with Crippen LogP contribution in [0.1, 0.15) is 18.1 Å². The summed E-state index contributed by atoms with van der Waals surface area (Å²) < 4.78 is 96.6. The van der Waals surface area contributed by atoms with Gasteiger partial charge in [-0.3, -0.25) is 4.98 Å². The second kappa shape index (κ2) is 7.72. The maximum Gasteiger partial charge on any atom is 0.417 e. The lowest BCUT2D eigenvalue weighted by Gasteiger charge is -2.15. The van der Waals surface area contributed by atoms with E-state index >= 15 is 0 Å². The number of fused-ring (bicyclic) bond motifs is 1. The number of urea groups is 1. The number of alkyl halides is 6. The molecule has 0 fully saturated rings. The van der Waals surface area contributed by atoms with Crippen LogP contribution in [0.3, 0.4) is 0 Å². The monoisotopic (exact) mass is 480 g/mol. The van der Waals surface area contributed by atoms with Crippen molar-refractivity contribution in [3.8, 4) is 11.5 Å². The molecule has 15 heteroatoms. The van der Waals surface area contributed by atoms with Crippen molar-refractivity contribution in [1.29, 1.82) is 0 Å². The minimum Gasteiger partial charge on any atom is -0.349 e. The SMILES string of the molecule is CCS(=O)(=NC(N)=O)c1cc(C(F)(F)F)cnc1-c1nc2cc(C(F)(F)F)cnc2n1C. The summed E-state index contributed by atoms with van der Waals surface area (Å²) in [5, 5.41) is 0. The Kier molecular flexibility index (Phi) is 5.65. The van der Waals surface area contributed by atoms with Gasteiger partial charge in [0.1, 0.15) is 11.2 Å². The molecule has 0 aromatic carbocycles. The molecular weight excluding hydrogens is 466 g/mol. The number of pyridine rings is 2.